The Morgan fingerprint density at radius 1 is 1.30 bits per heavy atom. The summed E-state index contributed by atoms with van der Waals surface area (Å²) in [6.45, 7) is 4.13. The second-order valence-corrected chi connectivity index (χ2v) is 5.51. The summed E-state index contributed by atoms with van der Waals surface area (Å²) in [7, 11) is 0. The molecule has 0 saturated heterocycles. The van der Waals surface area contributed by atoms with Gasteiger partial charge in [0.1, 0.15) is 11.6 Å². The lowest BCUT2D eigenvalue weighted by atomic mass is 10.2. The Labute approximate surface area is 120 Å². The highest BCUT2D eigenvalue weighted by Gasteiger charge is 2.16. The van der Waals surface area contributed by atoms with Gasteiger partial charge in [0.2, 0.25) is 5.13 Å². The highest BCUT2D eigenvalue weighted by molar-refractivity contribution is 7.08. The minimum atomic E-state index is 0.255. The van der Waals surface area contributed by atoms with Crippen molar-refractivity contribution in [2.24, 2.45) is 0 Å². The molecule has 5 nitrogen and oxygen atoms in total. The molecule has 6 heteroatoms. The van der Waals surface area contributed by atoms with Gasteiger partial charge in [-0.25, -0.2) is 9.97 Å². The molecular weight excluding hydrogens is 270 g/mol. The fourth-order valence-corrected chi connectivity index (χ4v) is 2.88. The fourth-order valence-electron chi connectivity index (χ4n) is 2.03. The third-order valence-corrected chi connectivity index (χ3v) is 3.72. The van der Waals surface area contributed by atoms with Crippen molar-refractivity contribution in [2.45, 2.75) is 26.2 Å². The maximum atomic E-state index is 8.97. The maximum Gasteiger partial charge on any atom is 0.215 e. The molecule has 0 amide bonds. The van der Waals surface area contributed by atoms with Crippen LogP contribution in [0.4, 0.5) is 0 Å². The molecule has 0 unspecified atom stereocenters. The number of aromatic nitrogens is 4. The fraction of sp³-hybridized carbons (Fsp3) is 0.286. The van der Waals surface area contributed by atoms with Gasteiger partial charge in [-0.1, -0.05) is 26.0 Å². The third kappa shape index (κ3) is 2.06. The van der Waals surface area contributed by atoms with E-state index in [4.69, 9.17) is 5.26 Å². The van der Waals surface area contributed by atoms with E-state index < -0.39 is 0 Å². The van der Waals surface area contributed by atoms with Crippen molar-refractivity contribution in [1.82, 2.24) is 18.9 Å². The molecule has 3 rings (SSSR count). The van der Waals surface area contributed by atoms with E-state index in [1.165, 1.54) is 11.5 Å². The molecule has 2 heterocycles. The van der Waals surface area contributed by atoms with Crippen molar-refractivity contribution >= 4 is 22.6 Å². The monoisotopic (exact) mass is 283 g/mol. The van der Waals surface area contributed by atoms with Crippen LogP contribution in [0.25, 0.3) is 16.2 Å². The number of hydrogen-bond donors (Lipinski definition) is 0. The Hall–Kier alpha value is -2.26. The van der Waals surface area contributed by atoms with Crippen molar-refractivity contribution in [3.8, 4) is 11.2 Å². The van der Waals surface area contributed by atoms with E-state index in [2.05, 4.69) is 34.3 Å². The molecule has 2 aromatic heterocycles. The Bertz CT molecular complexity index is 793. The zero-order valence-corrected chi connectivity index (χ0v) is 12.1. The largest absolute Gasteiger partial charge is 0.269 e. The zero-order valence-electron chi connectivity index (χ0n) is 11.2. The third-order valence-electron chi connectivity index (χ3n) is 3.01. The smallest absolute Gasteiger partial charge is 0.215 e. The van der Waals surface area contributed by atoms with Crippen molar-refractivity contribution in [3.63, 3.8) is 0 Å². The summed E-state index contributed by atoms with van der Waals surface area (Å²) in [6, 6.07) is 9.98. The van der Waals surface area contributed by atoms with Gasteiger partial charge in [-0.2, -0.15) is 9.64 Å². The van der Waals surface area contributed by atoms with Crippen LogP contribution >= 0.6 is 11.5 Å². The average molecular weight is 283 g/mol. The molecule has 0 N–H and O–H groups in total. The number of nitriles is 1. The van der Waals surface area contributed by atoms with Crippen LogP contribution < -0.4 is 0 Å². The van der Waals surface area contributed by atoms with E-state index in [0.717, 1.165) is 22.0 Å². The molecular formula is C14H13N5S. The quantitative estimate of drug-likeness (QED) is 0.741. The Balaban J connectivity index is 2.22. The summed E-state index contributed by atoms with van der Waals surface area (Å²) in [5, 5.41) is 9.74. The second kappa shape index (κ2) is 5.02. The number of benzene rings is 1. The standard InChI is InChI=1S/C14H13N5S/c1-9(2)13-17-14(20-18-13)19-11-6-4-3-5-10(11)16-12(19)7-8-15/h3-6,9H,7H2,1-2H3. The molecule has 0 fully saturated rings. The summed E-state index contributed by atoms with van der Waals surface area (Å²) in [5.74, 6) is 1.82. The molecule has 1 aromatic carbocycles. The van der Waals surface area contributed by atoms with E-state index in [9.17, 15) is 0 Å². The second-order valence-electron chi connectivity index (χ2n) is 4.78. The first-order chi connectivity index (χ1) is 9.70. The molecule has 0 saturated carbocycles. The lowest BCUT2D eigenvalue weighted by Crippen LogP contribution is -2.01. The molecule has 0 atom stereocenters. The SMILES string of the molecule is CC(C)c1nsc(-n2c(CC#N)nc3ccccc32)n1. The first-order valence-electron chi connectivity index (χ1n) is 6.38. The number of imidazole rings is 1. The molecule has 20 heavy (non-hydrogen) atoms. The number of hydrogen-bond acceptors (Lipinski definition) is 5. The van der Waals surface area contributed by atoms with Crippen LogP contribution in [0.3, 0.4) is 0 Å². The van der Waals surface area contributed by atoms with Gasteiger partial charge >= 0.3 is 0 Å². The Morgan fingerprint density at radius 3 is 2.80 bits per heavy atom. The predicted octanol–water partition coefficient (Wildman–Crippen LogP) is 3.07. The molecule has 0 aliphatic carbocycles. The number of rotatable bonds is 3. The van der Waals surface area contributed by atoms with Crippen LogP contribution in [0.15, 0.2) is 24.3 Å². The highest BCUT2D eigenvalue weighted by Crippen LogP contribution is 2.24. The van der Waals surface area contributed by atoms with E-state index in [-0.39, 0.29) is 12.3 Å². The van der Waals surface area contributed by atoms with Gasteiger partial charge in [0.15, 0.2) is 0 Å². The average Bonchev–Trinajstić information content (AvgIpc) is 3.02. The maximum absolute atomic E-state index is 8.97. The molecule has 3 aromatic rings. The normalized spacial score (nSPS) is 11.1. The summed E-state index contributed by atoms with van der Waals surface area (Å²) in [5.41, 5.74) is 1.84. The minimum absolute atomic E-state index is 0.255. The van der Waals surface area contributed by atoms with Gasteiger partial charge in [-0.3, -0.25) is 4.57 Å². The first-order valence-corrected chi connectivity index (χ1v) is 7.15. The van der Waals surface area contributed by atoms with Gasteiger partial charge < -0.3 is 0 Å². The van der Waals surface area contributed by atoms with Gasteiger partial charge in [-0.15, -0.1) is 0 Å². The van der Waals surface area contributed by atoms with Crippen molar-refractivity contribution in [3.05, 3.63) is 35.9 Å². The van der Waals surface area contributed by atoms with E-state index in [0.29, 0.717) is 5.82 Å². The summed E-state index contributed by atoms with van der Waals surface area (Å²) < 4.78 is 6.31. The summed E-state index contributed by atoms with van der Waals surface area (Å²) in [6.07, 6.45) is 0.255. The zero-order chi connectivity index (χ0) is 14.1. The van der Waals surface area contributed by atoms with E-state index in [1.54, 1.807) is 0 Å². The van der Waals surface area contributed by atoms with Crippen molar-refractivity contribution < 1.29 is 0 Å². The lowest BCUT2D eigenvalue weighted by Gasteiger charge is -2.02. The summed E-state index contributed by atoms with van der Waals surface area (Å²) >= 11 is 1.34. The van der Waals surface area contributed by atoms with Crippen LogP contribution in [0.1, 0.15) is 31.4 Å². The van der Waals surface area contributed by atoms with Gasteiger partial charge in [0.05, 0.1) is 23.5 Å². The topological polar surface area (TPSA) is 67.4 Å². The van der Waals surface area contributed by atoms with Gasteiger partial charge in [0, 0.05) is 17.5 Å². The van der Waals surface area contributed by atoms with Crippen LogP contribution in [-0.4, -0.2) is 18.9 Å². The predicted molar refractivity (Wildman–Crippen MR) is 77.9 cm³/mol. The number of fused-ring (bicyclic) bond motifs is 1. The first kappa shape index (κ1) is 12.8. The lowest BCUT2D eigenvalue weighted by molar-refractivity contribution is 0.791. The highest BCUT2D eigenvalue weighted by atomic mass is 32.1. The molecule has 0 spiro atoms. The van der Waals surface area contributed by atoms with E-state index >= 15 is 0 Å². The molecule has 0 radical (unpaired) electrons. The number of nitrogens with zero attached hydrogens (tertiary/aromatic N) is 5. The number of para-hydroxylation sites is 2. The molecule has 100 valence electrons. The Morgan fingerprint density at radius 2 is 2.10 bits per heavy atom. The Kier molecular flexibility index (Phi) is 3.20. The van der Waals surface area contributed by atoms with Crippen LogP contribution in [-0.2, 0) is 6.42 Å². The van der Waals surface area contributed by atoms with Gasteiger partial charge in [-0.05, 0) is 12.1 Å². The van der Waals surface area contributed by atoms with Crippen LogP contribution in [0, 0.1) is 11.3 Å². The van der Waals surface area contributed by atoms with E-state index in [1.807, 2.05) is 28.8 Å². The molecule has 0 aliphatic rings. The minimum Gasteiger partial charge on any atom is -0.269 e. The molecule has 0 bridgehead atoms. The van der Waals surface area contributed by atoms with Crippen molar-refractivity contribution in [1.29, 1.82) is 5.26 Å². The van der Waals surface area contributed by atoms with Crippen LogP contribution in [0.2, 0.25) is 0 Å². The van der Waals surface area contributed by atoms with Crippen molar-refractivity contribution in [2.75, 3.05) is 0 Å². The molecule has 0 aliphatic heterocycles. The summed E-state index contributed by atoms with van der Waals surface area (Å²) in [4.78, 5) is 9.08. The van der Waals surface area contributed by atoms with Crippen LogP contribution in [0.5, 0.6) is 0 Å². The van der Waals surface area contributed by atoms with Gasteiger partial charge in [0.25, 0.3) is 0 Å².